The summed E-state index contributed by atoms with van der Waals surface area (Å²) in [5.74, 6) is -0.0480. The van der Waals surface area contributed by atoms with E-state index in [4.69, 9.17) is 0 Å². The van der Waals surface area contributed by atoms with Gasteiger partial charge in [-0.15, -0.1) is 11.3 Å². The van der Waals surface area contributed by atoms with E-state index in [1.165, 1.54) is 0 Å². The van der Waals surface area contributed by atoms with Crippen LogP contribution in [0.25, 0.3) is 0 Å². The van der Waals surface area contributed by atoms with Crippen LogP contribution < -0.4 is 0 Å². The molecule has 4 nitrogen and oxygen atoms in total. The fourth-order valence-corrected chi connectivity index (χ4v) is 3.12. The van der Waals surface area contributed by atoms with E-state index in [2.05, 4.69) is 11.1 Å². The van der Waals surface area contributed by atoms with Crippen molar-refractivity contribution in [1.29, 1.82) is 5.26 Å². The Morgan fingerprint density at radius 2 is 2.28 bits per heavy atom. The molecule has 96 valence electrons. The monoisotopic (exact) mass is 263 g/mol. The number of carbonyl (C=O) groups excluding carboxylic acids is 1. The van der Waals surface area contributed by atoms with Crippen molar-refractivity contribution in [1.82, 2.24) is 9.88 Å². The Balaban J connectivity index is 2.07. The highest BCUT2D eigenvalue weighted by atomic mass is 32.1. The molecule has 0 radical (unpaired) electrons. The van der Waals surface area contributed by atoms with Crippen molar-refractivity contribution >= 4 is 17.2 Å². The van der Waals surface area contributed by atoms with Crippen LogP contribution in [0.1, 0.15) is 36.4 Å². The summed E-state index contributed by atoms with van der Waals surface area (Å²) in [6.07, 6.45) is 3.34. The molecule has 1 aromatic heterocycles. The highest BCUT2D eigenvalue weighted by molar-refractivity contribution is 7.09. The molecule has 0 saturated heterocycles. The molecule has 1 aromatic rings. The van der Waals surface area contributed by atoms with Gasteiger partial charge < -0.3 is 4.90 Å². The molecule has 0 spiro atoms. The molecule has 1 amide bonds. The number of aromatic nitrogens is 1. The van der Waals surface area contributed by atoms with Crippen molar-refractivity contribution in [2.75, 3.05) is 7.05 Å². The lowest BCUT2D eigenvalue weighted by atomic mass is 9.86. The molecule has 1 aliphatic carbocycles. The van der Waals surface area contributed by atoms with Crippen LogP contribution in [-0.2, 0) is 11.3 Å². The number of nitrogens with zero attached hydrogens (tertiary/aromatic N) is 3. The van der Waals surface area contributed by atoms with Gasteiger partial charge in [-0.1, -0.05) is 12.8 Å². The first-order valence-corrected chi connectivity index (χ1v) is 7.03. The zero-order valence-corrected chi connectivity index (χ0v) is 11.6. The predicted molar refractivity (Wildman–Crippen MR) is 69.8 cm³/mol. The van der Waals surface area contributed by atoms with Crippen molar-refractivity contribution in [3.8, 4) is 6.07 Å². The molecule has 0 aliphatic heterocycles. The number of hydrogen-bond donors (Lipinski definition) is 0. The van der Waals surface area contributed by atoms with Gasteiger partial charge in [-0.3, -0.25) is 4.79 Å². The van der Waals surface area contributed by atoms with Crippen LogP contribution in [0.15, 0.2) is 5.38 Å². The third kappa shape index (κ3) is 2.39. The number of amides is 1. The Morgan fingerprint density at radius 3 is 2.78 bits per heavy atom. The molecular formula is C13H17N3OS. The second kappa shape index (κ2) is 5.07. The van der Waals surface area contributed by atoms with Crippen LogP contribution in [0.5, 0.6) is 0 Å². The van der Waals surface area contributed by atoms with Gasteiger partial charge in [0.15, 0.2) is 0 Å². The van der Waals surface area contributed by atoms with Gasteiger partial charge in [0, 0.05) is 12.4 Å². The summed E-state index contributed by atoms with van der Waals surface area (Å²) in [5.41, 5.74) is 0.124. The standard InChI is InChI=1S/C13H17N3OS/c1-10-15-11(8-18-10)7-16(2)12(17)13(9-14)5-3-4-6-13/h8H,3-7H2,1-2H3. The second-order valence-electron chi connectivity index (χ2n) is 4.92. The quantitative estimate of drug-likeness (QED) is 0.842. The molecule has 2 rings (SSSR count). The lowest BCUT2D eigenvalue weighted by molar-refractivity contribution is -0.138. The number of aryl methyl sites for hydroxylation is 1. The summed E-state index contributed by atoms with van der Waals surface area (Å²) in [6.45, 7) is 2.44. The minimum atomic E-state index is -0.778. The van der Waals surface area contributed by atoms with Crippen molar-refractivity contribution in [3.63, 3.8) is 0 Å². The molecule has 0 aromatic carbocycles. The van der Waals surface area contributed by atoms with E-state index >= 15 is 0 Å². The van der Waals surface area contributed by atoms with Gasteiger partial charge in [-0.25, -0.2) is 4.98 Å². The maximum absolute atomic E-state index is 12.4. The highest BCUT2D eigenvalue weighted by Crippen LogP contribution is 2.39. The normalized spacial score (nSPS) is 17.4. The second-order valence-corrected chi connectivity index (χ2v) is 5.98. The van der Waals surface area contributed by atoms with E-state index in [9.17, 15) is 10.1 Å². The van der Waals surface area contributed by atoms with E-state index < -0.39 is 5.41 Å². The summed E-state index contributed by atoms with van der Waals surface area (Å²) in [7, 11) is 1.76. The zero-order chi connectivity index (χ0) is 13.2. The van der Waals surface area contributed by atoms with E-state index in [1.807, 2.05) is 12.3 Å². The molecular weight excluding hydrogens is 246 g/mol. The maximum atomic E-state index is 12.4. The zero-order valence-electron chi connectivity index (χ0n) is 10.8. The maximum Gasteiger partial charge on any atom is 0.243 e. The van der Waals surface area contributed by atoms with Crippen molar-refractivity contribution in [2.24, 2.45) is 5.41 Å². The average molecular weight is 263 g/mol. The van der Waals surface area contributed by atoms with Gasteiger partial charge in [-0.2, -0.15) is 5.26 Å². The third-order valence-electron chi connectivity index (χ3n) is 3.49. The van der Waals surface area contributed by atoms with Gasteiger partial charge in [-0.05, 0) is 19.8 Å². The number of hydrogen-bond acceptors (Lipinski definition) is 4. The van der Waals surface area contributed by atoms with Crippen LogP contribution in [-0.4, -0.2) is 22.8 Å². The Kier molecular flexibility index (Phi) is 3.67. The van der Waals surface area contributed by atoms with Gasteiger partial charge in [0.1, 0.15) is 5.41 Å². The first-order chi connectivity index (χ1) is 8.57. The van der Waals surface area contributed by atoms with Crippen molar-refractivity contribution < 1.29 is 4.79 Å². The van der Waals surface area contributed by atoms with Gasteiger partial charge in [0.05, 0.1) is 23.3 Å². The minimum absolute atomic E-state index is 0.0480. The van der Waals surface area contributed by atoms with Gasteiger partial charge in [0.25, 0.3) is 0 Å². The van der Waals surface area contributed by atoms with Crippen LogP contribution in [0.3, 0.4) is 0 Å². The number of carbonyl (C=O) groups is 1. The van der Waals surface area contributed by atoms with Crippen molar-refractivity contribution in [2.45, 2.75) is 39.2 Å². The number of thiazole rings is 1. The summed E-state index contributed by atoms with van der Waals surface area (Å²) in [5, 5.41) is 12.3. The predicted octanol–water partition coefficient (Wildman–Crippen LogP) is 2.49. The van der Waals surface area contributed by atoms with Crippen LogP contribution in [0.2, 0.25) is 0 Å². The first kappa shape index (κ1) is 13.0. The van der Waals surface area contributed by atoms with Crippen LogP contribution >= 0.6 is 11.3 Å². The van der Waals surface area contributed by atoms with Gasteiger partial charge in [0.2, 0.25) is 5.91 Å². The van der Waals surface area contributed by atoms with E-state index in [0.717, 1.165) is 23.5 Å². The lowest BCUT2D eigenvalue weighted by Crippen LogP contribution is -2.39. The third-order valence-corrected chi connectivity index (χ3v) is 4.32. The number of nitriles is 1. The molecule has 1 fully saturated rings. The SMILES string of the molecule is Cc1nc(CN(C)C(=O)C2(C#N)CCCC2)cs1. The smallest absolute Gasteiger partial charge is 0.243 e. The van der Waals surface area contributed by atoms with Crippen LogP contribution in [0.4, 0.5) is 0 Å². The molecule has 0 atom stereocenters. The molecule has 5 heteroatoms. The summed E-state index contributed by atoms with van der Waals surface area (Å²) >= 11 is 1.58. The summed E-state index contributed by atoms with van der Waals surface area (Å²) in [6, 6.07) is 2.24. The van der Waals surface area contributed by atoms with E-state index in [1.54, 1.807) is 23.3 Å². The first-order valence-electron chi connectivity index (χ1n) is 6.15. The Morgan fingerprint density at radius 1 is 1.61 bits per heavy atom. The minimum Gasteiger partial charge on any atom is -0.338 e. The highest BCUT2D eigenvalue weighted by Gasteiger charge is 2.43. The summed E-state index contributed by atoms with van der Waals surface area (Å²) < 4.78 is 0. The Bertz CT molecular complexity index is 483. The molecule has 0 N–H and O–H groups in total. The topological polar surface area (TPSA) is 57.0 Å². The average Bonchev–Trinajstić information content (AvgIpc) is 2.98. The Hall–Kier alpha value is -1.41. The van der Waals surface area contributed by atoms with E-state index in [-0.39, 0.29) is 5.91 Å². The van der Waals surface area contributed by atoms with Crippen molar-refractivity contribution in [3.05, 3.63) is 16.1 Å². The summed E-state index contributed by atoms with van der Waals surface area (Å²) in [4.78, 5) is 18.4. The lowest BCUT2D eigenvalue weighted by Gasteiger charge is -2.26. The van der Waals surface area contributed by atoms with Crippen LogP contribution in [0, 0.1) is 23.7 Å². The Labute approximate surface area is 111 Å². The molecule has 1 saturated carbocycles. The van der Waals surface area contributed by atoms with Gasteiger partial charge >= 0.3 is 0 Å². The molecule has 1 aliphatic rings. The molecule has 0 unspecified atom stereocenters. The van der Waals surface area contributed by atoms with E-state index in [0.29, 0.717) is 19.4 Å². The largest absolute Gasteiger partial charge is 0.338 e. The molecule has 0 bridgehead atoms. The fourth-order valence-electron chi connectivity index (χ4n) is 2.51. The molecule has 18 heavy (non-hydrogen) atoms. The number of rotatable bonds is 3. The fraction of sp³-hybridized carbons (Fsp3) is 0.615. The molecule has 1 heterocycles.